The van der Waals surface area contributed by atoms with Crippen molar-refractivity contribution in [3.8, 4) is 5.75 Å². The molecule has 0 heterocycles. The lowest BCUT2D eigenvalue weighted by Crippen LogP contribution is -2.33. The molecular formula is C14H19BrO2. The number of halogens is 1. The predicted octanol–water partition coefficient (Wildman–Crippen LogP) is 3.55. The summed E-state index contributed by atoms with van der Waals surface area (Å²) in [4.78, 5) is 0. The summed E-state index contributed by atoms with van der Waals surface area (Å²) < 4.78 is 6.39. The second-order valence-electron chi connectivity index (χ2n) is 4.86. The van der Waals surface area contributed by atoms with E-state index >= 15 is 0 Å². The third-order valence-corrected chi connectivity index (χ3v) is 4.18. The molecule has 0 amide bonds. The molecule has 0 bridgehead atoms. The minimum absolute atomic E-state index is 0.469. The van der Waals surface area contributed by atoms with Crippen molar-refractivity contribution >= 4 is 15.9 Å². The van der Waals surface area contributed by atoms with E-state index in [0.717, 1.165) is 35.0 Å². The molecule has 1 aliphatic carbocycles. The number of benzene rings is 1. The summed E-state index contributed by atoms with van der Waals surface area (Å²) in [6, 6.07) is 5.95. The summed E-state index contributed by atoms with van der Waals surface area (Å²) in [6.07, 6.45) is 3.78. The van der Waals surface area contributed by atoms with Gasteiger partial charge >= 0.3 is 0 Å². The van der Waals surface area contributed by atoms with E-state index in [2.05, 4.69) is 22.9 Å². The fraction of sp³-hybridized carbons (Fsp3) is 0.571. The van der Waals surface area contributed by atoms with Crippen molar-refractivity contribution < 1.29 is 9.84 Å². The average molecular weight is 299 g/mol. The van der Waals surface area contributed by atoms with Crippen molar-refractivity contribution in [3.63, 3.8) is 0 Å². The van der Waals surface area contributed by atoms with Crippen molar-refractivity contribution in [2.75, 3.05) is 7.11 Å². The van der Waals surface area contributed by atoms with Gasteiger partial charge in [0.1, 0.15) is 5.75 Å². The molecule has 2 nitrogen and oxygen atoms in total. The molecule has 3 heteroatoms. The second-order valence-corrected chi connectivity index (χ2v) is 5.78. The maximum Gasteiger partial charge on any atom is 0.122 e. The lowest BCUT2D eigenvalue weighted by atomic mass is 9.87. The molecule has 1 aromatic rings. The largest absolute Gasteiger partial charge is 0.496 e. The topological polar surface area (TPSA) is 29.5 Å². The Morgan fingerprint density at radius 3 is 2.71 bits per heavy atom. The highest BCUT2D eigenvalue weighted by atomic mass is 79.9. The first-order valence-electron chi connectivity index (χ1n) is 6.14. The quantitative estimate of drug-likeness (QED) is 0.901. The van der Waals surface area contributed by atoms with Crippen molar-refractivity contribution in [1.29, 1.82) is 0 Å². The molecule has 0 aliphatic heterocycles. The smallest absolute Gasteiger partial charge is 0.122 e. The highest BCUT2D eigenvalue weighted by Crippen LogP contribution is 2.44. The van der Waals surface area contributed by atoms with Gasteiger partial charge in [0, 0.05) is 10.9 Å². The molecule has 1 atom stereocenters. The maximum absolute atomic E-state index is 10.7. The molecule has 1 aromatic carbocycles. The van der Waals surface area contributed by atoms with Crippen molar-refractivity contribution in [1.82, 2.24) is 0 Å². The Labute approximate surface area is 111 Å². The number of hydrogen-bond acceptors (Lipinski definition) is 2. The molecule has 0 saturated heterocycles. The molecule has 17 heavy (non-hydrogen) atoms. The molecule has 1 N–H and O–H groups in total. The Bertz CT molecular complexity index is 401. The van der Waals surface area contributed by atoms with Crippen LogP contribution in [0.4, 0.5) is 0 Å². The Hall–Kier alpha value is -0.540. The molecule has 0 aromatic heterocycles. The SMILES string of the molecule is CCC(O)(Cc1cc(Br)ccc1OC)C1CC1. The predicted molar refractivity (Wildman–Crippen MR) is 72.4 cm³/mol. The highest BCUT2D eigenvalue weighted by Gasteiger charge is 2.42. The van der Waals surface area contributed by atoms with Crippen LogP contribution in [0.15, 0.2) is 22.7 Å². The van der Waals surface area contributed by atoms with E-state index in [9.17, 15) is 5.11 Å². The molecule has 1 saturated carbocycles. The van der Waals surface area contributed by atoms with Crippen molar-refractivity contribution in [2.45, 2.75) is 38.2 Å². The van der Waals surface area contributed by atoms with Gasteiger partial charge in [-0.25, -0.2) is 0 Å². The zero-order valence-corrected chi connectivity index (χ0v) is 12.0. The molecule has 1 unspecified atom stereocenters. The van der Waals surface area contributed by atoms with Gasteiger partial charge in [0.15, 0.2) is 0 Å². The van der Waals surface area contributed by atoms with Gasteiger partial charge in [-0.05, 0) is 48.9 Å². The number of rotatable bonds is 5. The highest BCUT2D eigenvalue weighted by molar-refractivity contribution is 9.10. The first-order chi connectivity index (χ1) is 8.09. The summed E-state index contributed by atoms with van der Waals surface area (Å²) in [5, 5.41) is 10.7. The first kappa shape index (κ1) is 12.9. The fourth-order valence-corrected chi connectivity index (χ4v) is 2.80. The minimum atomic E-state index is -0.561. The summed E-state index contributed by atoms with van der Waals surface area (Å²) in [5.41, 5.74) is 0.520. The van der Waals surface area contributed by atoms with Crippen molar-refractivity contribution in [3.05, 3.63) is 28.2 Å². The third-order valence-electron chi connectivity index (χ3n) is 3.69. The van der Waals surface area contributed by atoms with Crippen molar-refractivity contribution in [2.24, 2.45) is 5.92 Å². The second kappa shape index (κ2) is 4.99. The van der Waals surface area contributed by atoms with E-state index in [1.165, 1.54) is 0 Å². The number of aliphatic hydroxyl groups is 1. The molecule has 1 aliphatic rings. The third kappa shape index (κ3) is 2.83. The average Bonchev–Trinajstić information content (AvgIpc) is 3.13. The summed E-state index contributed by atoms with van der Waals surface area (Å²) in [6.45, 7) is 2.06. The summed E-state index contributed by atoms with van der Waals surface area (Å²) >= 11 is 3.47. The van der Waals surface area contributed by atoms with E-state index in [1.807, 2.05) is 18.2 Å². The van der Waals surface area contributed by atoms with Crippen LogP contribution in [-0.2, 0) is 6.42 Å². The molecule has 94 valence electrons. The van der Waals surface area contributed by atoms with Crippen LogP contribution in [-0.4, -0.2) is 17.8 Å². The monoisotopic (exact) mass is 298 g/mol. The van der Waals surface area contributed by atoms with Gasteiger partial charge < -0.3 is 9.84 Å². The first-order valence-corrected chi connectivity index (χ1v) is 6.93. The van der Waals surface area contributed by atoms with Gasteiger partial charge in [0.05, 0.1) is 12.7 Å². The Morgan fingerprint density at radius 1 is 1.47 bits per heavy atom. The normalized spacial score (nSPS) is 18.8. The van der Waals surface area contributed by atoms with Crippen LogP contribution in [0.3, 0.4) is 0 Å². The van der Waals surface area contributed by atoms with E-state index in [-0.39, 0.29) is 0 Å². The molecule has 2 rings (SSSR count). The fourth-order valence-electron chi connectivity index (χ4n) is 2.39. The Kier molecular flexibility index (Phi) is 3.79. The maximum atomic E-state index is 10.7. The van der Waals surface area contributed by atoms with E-state index in [0.29, 0.717) is 12.3 Å². The Morgan fingerprint density at radius 2 is 2.18 bits per heavy atom. The lowest BCUT2D eigenvalue weighted by molar-refractivity contribution is 0.0134. The van der Waals surface area contributed by atoms with Gasteiger partial charge in [0.2, 0.25) is 0 Å². The van der Waals surface area contributed by atoms with E-state index in [4.69, 9.17) is 4.74 Å². The molecule has 1 fully saturated rings. The van der Waals surface area contributed by atoms with Gasteiger partial charge in [-0.1, -0.05) is 22.9 Å². The summed E-state index contributed by atoms with van der Waals surface area (Å²) in [7, 11) is 1.68. The van der Waals surface area contributed by atoms with Crippen LogP contribution in [0.25, 0.3) is 0 Å². The number of hydrogen-bond donors (Lipinski definition) is 1. The van der Waals surface area contributed by atoms with Gasteiger partial charge in [0.25, 0.3) is 0 Å². The zero-order valence-electron chi connectivity index (χ0n) is 10.4. The molecular weight excluding hydrogens is 280 g/mol. The van der Waals surface area contributed by atoms with Gasteiger partial charge in [-0.3, -0.25) is 0 Å². The summed E-state index contributed by atoms with van der Waals surface area (Å²) in [5.74, 6) is 1.33. The Balaban J connectivity index is 2.24. The van der Waals surface area contributed by atoms with Crippen LogP contribution < -0.4 is 4.74 Å². The van der Waals surface area contributed by atoms with Crippen LogP contribution >= 0.6 is 15.9 Å². The standard InChI is InChI=1S/C14H19BrO2/c1-3-14(16,11-4-5-11)9-10-8-12(15)6-7-13(10)17-2/h6-8,11,16H,3-5,9H2,1-2H3. The van der Waals surface area contributed by atoms with Gasteiger partial charge in [-0.15, -0.1) is 0 Å². The van der Waals surface area contributed by atoms with Crippen LogP contribution in [0, 0.1) is 5.92 Å². The number of methoxy groups -OCH3 is 1. The zero-order chi connectivity index (χ0) is 12.5. The van der Waals surface area contributed by atoms with E-state index in [1.54, 1.807) is 7.11 Å². The molecule has 0 spiro atoms. The van der Waals surface area contributed by atoms with Crippen LogP contribution in [0.5, 0.6) is 5.75 Å². The minimum Gasteiger partial charge on any atom is -0.496 e. The van der Waals surface area contributed by atoms with E-state index < -0.39 is 5.60 Å². The lowest BCUT2D eigenvalue weighted by Gasteiger charge is -2.27. The van der Waals surface area contributed by atoms with Gasteiger partial charge in [-0.2, -0.15) is 0 Å². The molecule has 0 radical (unpaired) electrons. The van der Waals surface area contributed by atoms with Crippen LogP contribution in [0.1, 0.15) is 31.7 Å². The van der Waals surface area contributed by atoms with Crippen LogP contribution in [0.2, 0.25) is 0 Å². The number of ether oxygens (including phenoxy) is 1.